The lowest BCUT2D eigenvalue weighted by Crippen LogP contribution is -2.32. The first-order valence-corrected chi connectivity index (χ1v) is 6.29. The molecule has 1 aliphatic rings. The SMILES string of the molecule is OCCCN1CCCC1Cc1ccccc1. The fourth-order valence-corrected chi connectivity index (χ4v) is 2.58. The Hall–Kier alpha value is -0.860. The maximum absolute atomic E-state index is 8.88. The van der Waals surface area contributed by atoms with Crippen molar-refractivity contribution in [3.8, 4) is 0 Å². The van der Waals surface area contributed by atoms with Crippen LogP contribution in [0.5, 0.6) is 0 Å². The number of benzene rings is 1. The molecule has 0 bridgehead atoms. The predicted octanol–water partition coefficient (Wildman–Crippen LogP) is 2.08. The van der Waals surface area contributed by atoms with E-state index in [0.717, 1.165) is 19.4 Å². The minimum absolute atomic E-state index is 0.314. The fourth-order valence-electron chi connectivity index (χ4n) is 2.58. The van der Waals surface area contributed by atoms with E-state index >= 15 is 0 Å². The van der Waals surface area contributed by atoms with Crippen LogP contribution >= 0.6 is 0 Å². The summed E-state index contributed by atoms with van der Waals surface area (Å²) in [5.74, 6) is 0. The lowest BCUT2D eigenvalue weighted by atomic mass is 10.0. The molecule has 1 aromatic rings. The van der Waals surface area contributed by atoms with Gasteiger partial charge in [0, 0.05) is 19.2 Å². The molecule has 1 aliphatic heterocycles. The molecule has 0 radical (unpaired) electrons. The summed E-state index contributed by atoms with van der Waals surface area (Å²) in [5, 5.41) is 8.88. The second-order valence-electron chi connectivity index (χ2n) is 4.60. The molecule has 0 aromatic heterocycles. The second-order valence-corrected chi connectivity index (χ2v) is 4.60. The highest BCUT2D eigenvalue weighted by molar-refractivity contribution is 5.16. The van der Waals surface area contributed by atoms with Crippen molar-refractivity contribution in [2.45, 2.75) is 31.7 Å². The van der Waals surface area contributed by atoms with E-state index in [4.69, 9.17) is 5.11 Å². The average Bonchev–Trinajstić information content (AvgIpc) is 2.75. The molecule has 88 valence electrons. The van der Waals surface area contributed by atoms with Crippen LogP contribution in [0.15, 0.2) is 30.3 Å². The highest BCUT2D eigenvalue weighted by Gasteiger charge is 2.23. The maximum Gasteiger partial charge on any atom is 0.0443 e. The summed E-state index contributed by atoms with van der Waals surface area (Å²) in [6, 6.07) is 11.4. The van der Waals surface area contributed by atoms with Crippen molar-refractivity contribution in [3.63, 3.8) is 0 Å². The molecule has 16 heavy (non-hydrogen) atoms. The Labute approximate surface area is 97.9 Å². The standard InChI is InChI=1S/C14H21NO/c16-11-5-10-15-9-4-8-14(15)12-13-6-2-1-3-7-13/h1-3,6-7,14,16H,4-5,8-12H2. The highest BCUT2D eigenvalue weighted by atomic mass is 16.3. The normalized spacial score (nSPS) is 21.4. The van der Waals surface area contributed by atoms with Gasteiger partial charge in [0.15, 0.2) is 0 Å². The van der Waals surface area contributed by atoms with Gasteiger partial charge in [-0.3, -0.25) is 4.90 Å². The second kappa shape index (κ2) is 6.02. The third-order valence-electron chi connectivity index (χ3n) is 3.42. The molecule has 0 aliphatic carbocycles. The van der Waals surface area contributed by atoms with Crippen molar-refractivity contribution in [3.05, 3.63) is 35.9 Å². The zero-order chi connectivity index (χ0) is 11.2. The Kier molecular flexibility index (Phi) is 4.37. The molecule has 2 nitrogen and oxygen atoms in total. The van der Waals surface area contributed by atoms with Crippen molar-refractivity contribution < 1.29 is 5.11 Å². The minimum atomic E-state index is 0.314. The molecule has 2 rings (SSSR count). The first kappa shape index (κ1) is 11.6. The lowest BCUT2D eigenvalue weighted by Gasteiger charge is -2.24. The summed E-state index contributed by atoms with van der Waals surface area (Å²) < 4.78 is 0. The van der Waals surface area contributed by atoms with Gasteiger partial charge in [-0.2, -0.15) is 0 Å². The molecule has 1 fully saturated rings. The van der Waals surface area contributed by atoms with Crippen LogP contribution in [0.4, 0.5) is 0 Å². The number of rotatable bonds is 5. The molecular weight excluding hydrogens is 198 g/mol. The molecule has 1 N–H and O–H groups in total. The molecule has 1 heterocycles. The number of likely N-dealkylation sites (tertiary alicyclic amines) is 1. The summed E-state index contributed by atoms with van der Waals surface area (Å²) in [6.07, 6.45) is 4.68. The molecular formula is C14H21NO. The van der Waals surface area contributed by atoms with Gasteiger partial charge in [0.2, 0.25) is 0 Å². The number of aliphatic hydroxyl groups is 1. The van der Waals surface area contributed by atoms with Gasteiger partial charge in [-0.25, -0.2) is 0 Å². The Morgan fingerprint density at radius 2 is 2.06 bits per heavy atom. The highest BCUT2D eigenvalue weighted by Crippen LogP contribution is 2.21. The maximum atomic E-state index is 8.88. The zero-order valence-corrected chi connectivity index (χ0v) is 9.81. The van der Waals surface area contributed by atoms with Crippen LogP contribution in [0.2, 0.25) is 0 Å². The van der Waals surface area contributed by atoms with Crippen LogP contribution in [0, 0.1) is 0 Å². The number of hydrogen-bond acceptors (Lipinski definition) is 2. The van der Waals surface area contributed by atoms with E-state index in [2.05, 4.69) is 35.2 Å². The lowest BCUT2D eigenvalue weighted by molar-refractivity contribution is 0.212. The zero-order valence-electron chi connectivity index (χ0n) is 9.81. The van der Waals surface area contributed by atoms with Gasteiger partial charge >= 0.3 is 0 Å². The van der Waals surface area contributed by atoms with Crippen molar-refractivity contribution in [1.82, 2.24) is 4.90 Å². The van der Waals surface area contributed by atoms with Gasteiger partial charge in [0.25, 0.3) is 0 Å². The van der Waals surface area contributed by atoms with Crippen molar-refractivity contribution in [2.24, 2.45) is 0 Å². The van der Waals surface area contributed by atoms with E-state index in [9.17, 15) is 0 Å². The molecule has 1 saturated heterocycles. The van der Waals surface area contributed by atoms with E-state index in [-0.39, 0.29) is 0 Å². The van der Waals surface area contributed by atoms with Gasteiger partial charge in [-0.15, -0.1) is 0 Å². The first-order valence-electron chi connectivity index (χ1n) is 6.29. The fraction of sp³-hybridized carbons (Fsp3) is 0.571. The molecule has 1 aromatic carbocycles. The molecule has 0 saturated carbocycles. The van der Waals surface area contributed by atoms with E-state index < -0.39 is 0 Å². The minimum Gasteiger partial charge on any atom is -0.396 e. The van der Waals surface area contributed by atoms with E-state index in [0.29, 0.717) is 12.6 Å². The number of aliphatic hydroxyl groups excluding tert-OH is 1. The van der Waals surface area contributed by atoms with Crippen LogP contribution in [-0.4, -0.2) is 35.7 Å². The quantitative estimate of drug-likeness (QED) is 0.819. The molecule has 2 heteroatoms. The molecule has 1 atom stereocenters. The summed E-state index contributed by atoms with van der Waals surface area (Å²) in [4.78, 5) is 2.53. The van der Waals surface area contributed by atoms with E-state index in [1.165, 1.54) is 24.9 Å². The van der Waals surface area contributed by atoms with Gasteiger partial charge in [-0.05, 0) is 37.8 Å². The summed E-state index contributed by atoms with van der Waals surface area (Å²) >= 11 is 0. The van der Waals surface area contributed by atoms with Crippen molar-refractivity contribution >= 4 is 0 Å². The molecule has 0 amide bonds. The van der Waals surface area contributed by atoms with Crippen LogP contribution in [0.3, 0.4) is 0 Å². The Bertz CT molecular complexity index is 299. The van der Waals surface area contributed by atoms with Crippen LogP contribution < -0.4 is 0 Å². The third-order valence-corrected chi connectivity index (χ3v) is 3.42. The predicted molar refractivity (Wildman–Crippen MR) is 66.4 cm³/mol. The monoisotopic (exact) mass is 219 g/mol. The van der Waals surface area contributed by atoms with Crippen molar-refractivity contribution in [2.75, 3.05) is 19.7 Å². The first-order chi connectivity index (χ1) is 7.90. The Morgan fingerprint density at radius 3 is 2.81 bits per heavy atom. The van der Waals surface area contributed by atoms with Gasteiger partial charge in [-0.1, -0.05) is 30.3 Å². The van der Waals surface area contributed by atoms with Crippen LogP contribution in [-0.2, 0) is 6.42 Å². The summed E-state index contributed by atoms with van der Waals surface area (Å²) in [5.41, 5.74) is 1.43. The Morgan fingerprint density at radius 1 is 1.25 bits per heavy atom. The van der Waals surface area contributed by atoms with E-state index in [1.807, 2.05) is 0 Å². The average molecular weight is 219 g/mol. The smallest absolute Gasteiger partial charge is 0.0443 e. The van der Waals surface area contributed by atoms with Gasteiger partial charge in [0.1, 0.15) is 0 Å². The molecule has 0 spiro atoms. The molecule has 1 unspecified atom stereocenters. The number of hydrogen-bond donors (Lipinski definition) is 1. The van der Waals surface area contributed by atoms with Crippen LogP contribution in [0.1, 0.15) is 24.8 Å². The number of nitrogens with zero attached hydrogens (tertiary/aromatic N) is 1. The topological polar surface area (TPSA) is 23.5 Å². The van der Waals surface area contributed by atoms with Gasteiger partial charge in [0.05, 0.1) is 0 Å². The third kappa shape index (κ3) is 3.06. The van der Waals surface area contributed by atoms with Crippen LogP contribution in [0.25, 0.3) is 0 Å². The van der Waals surface area contributed by atoms with Gasteiger partial charge < -0.3 is 5.11 Å². The van der Waals surface area contributed by atoms with E-state index in [1.54, 1.807) is 0 Å². The Balaban J connectivity index is 1.88. The largest absolute Gasteiger partial charge is 0.396 e. The summed E-state index contributed by atoms with van der Waals surface area (Å²) in [6.45, 7) is 2.57. The summed E-state index contributed by atoms with van der Waals surface area (Å²) in [7, 11) is 0. The van der Waals surface area contributed by atoms with Crippen molar-refractivity contribution in [1.29, 1.82) is 0 Å².